The molecule has 0 unspecified atom stereocenters. The topological polar surface area (TPSA) is 116 Å². The summed E-state index contributed by atoms with van der Waals surface area (Å²) >= 11 is 0. The van der Waals surface area contributed by atoms with Crippen LogP contribution in [-0.4, -0.2) is 50.9 Å². The van der Waals surface area contributed by atoms with Gasteiger partial charge in [-0.2, -0.15) is 8.42 Å². The number of esters is 2. The number of aliphatic hydroxyl groups excluding tert-OH is 1. The van der Waals surface area contributed by atoms with Crippen molar-refractivity contribution in [2.24, 2.45) is 5.92 Å². The Kier molecular flexibility index (Phi) is 6.86. The minimum atomic E-state index is -4.05. The molecule has 1 aliphatic rings. The van der Waals surface area contributed by atoms with E-state index in [4.69, 9.17) is 13.7 Å². The molecule has 8 nitrogen and oxygen atoms in total. The number of ether oxygens (including phenoxy) is 2. The fourth-order valence-corrected chi connectivity index (χ4v) is 3.96. The Balaban J connectivity index is 1.58. The smallest absolute Gasteiger partial charge is 0.338 e. The zero-order valence-electron chi connectivity index (χ0n) is 16.3. The first-order valence-electron chi connectivity index (χ1n) is 9.32. The van der Waals surface area contributed by atoms with Gasteiger partial charge in [0.1, 0.15) is 19.3 Å². The van der Waals surface area contributed by atoms with Gasteiger partial charge in [-0.15, -0.1) is 0 Å². The van der Waals surface area contributed by atoms with E-state index in [0.717, 1.165) is 5.56 Å². The summed E-state index contributed by atoms with van der Waals surface area (Å²) in [5, 5.41) is 10.4. The lowest BCUT2D eigenvalue weighted by molar-refractivity contribution is -0.142. The van der Waals surface area contributed by atoms with E-state index >= 15 is 0 Å². The predicted octanol–water partition coefficient (Wildman–Crippen LogP) is 1.85. The molecule has 3 rings (SSSR count). The van der Waals surface area contributed by atoms with Crippen LogP contribution < -0.4 is 0 Å². The first-order chi connectivity index (χ1) is 14.3. The maximum Gasteiger partial charge on any atom is 0.338 e. The van der Waals surface area contributed by atoms with Gasteiger partial charge in [-0.1, -0.05) is 35.9 Å². The van der Waals surface area contributed by atoms with Gasteiger partial charge >= 0.3 is 11.9 Å². The Labute approximate surface area is 174 Å². The summed E-state index contributed by atoms with van der Waals surface area (Å²) in [4.78, 5) is 23.7. The number of carbonyl (C=O) groups excluding carboxylic acids is 2. The molecule has 2 aromatic rings. The molecule has 30 heavy (non-hydrogen) atoms. The van der Waals surface area contributed by atoms with Gasteiger partial charge in [0.05, 0.1) is 23.0 Å². The van der Waals surface area contributed by atoms with Crippen LogP contribution >= 0.6 is 0 Å². The van der Waals surface area contributed by atoms with E-state index < -0.39 is 46.8 Å². The number of hydrogen-bond donors (Lipinski definition) is 1. The van der Waals surface area contributed by atoms with Crippen molar-refractivity contribution in [1.82, 2.24) is 0 Å². The average molecular weight is 434 g/mol. The van der Waals surface area contributed by atoms with E-state index in [1.165, 1.54) is 12.1 Å². The third kappa shape index (κ3) is 5.44. The average Bonchev–Trinajstić information content (AvgIpc) is 3.12. The summed E-state index contributed by atoms with van der Waals surface area (Å²) in [7, 11) is -4.05. The summed E-state index contributed by atoms with van der Waals surface area (Å²) in [6.45, 7) is 1.01. The summed E-state index contributed by atoms with van der Waals surface area (Å²) in [6, 6.07) is 14.4. The Morgan fingerprint density at radius 3 is 2.50 bits per heavy atom. The lowest BCUT2D eigenvalue weighted by atomic mass is 9.95. The fourth-order valence-electron chi connectivity index (χ4n) is 3.04. The van der Waals surface area contributed by atoms with Crippen molar-refractivity contribution in [3.63, 3.8) is 0 Å². The van der Waals surface area contributed by atoms with Crippen LogP contribution in [0.25, 0.3) is 0 Å². The SMILES string of the molecule is Cc1ccc(S(=O)(=O)OC[C@@H]2OC(=O)C[C@@H]2[C@@H](O)COC(=O)c2ccccc2)cc1. The standard InChI is InChI=1S/C21H22O8S/c1-14-7-9-16(10-8-14)30(25,26)28-13-19-17(11-20(23)29-19)18(22)12-27-21(24)15-5-3-2-4-6-15/h2-10,17-19,22H,11-13H2,1H3/t17-,18+,19+/m1/s1. The highest BCUT2D eigenvalue weighted by atomic mass is 32.2. The van der Waals surface area contributed by atoms with Crippen molar-refractivity contribution in [3.8, 4) is 0 Å². The normalized spacial score (nSPS) is 19.9. The minimum Gasteiger partial charge on any atom is -0.459 e. The van der Waals surface area contributed by atoms with Gasteiger partial charge in [-0.3, -0.25) is 8.98 Å². The van der Waals surface area contributed by atoms with Crippen LogP contribution in [0.15, 0.2) is 59.5 Å². The Hall–Kier alpha value is -2.75. The van der Waals surface area contributed by atoms with Gasteiger partial charge in [0.25, 0.3) is 10.1 Å². The molecular weight excluding hydrogens is 412 g/mol. The summed E-state index contributed by atoms with van der Waals surface area (Å²) in [6.07, 6.45) is -2.34. The Morgan fingerprint density at radius 2 is 1.83 bits per heavy atom. The predicted molar refractivity (Wildman–Crippen MR) is 105 cm³/mol. The van der Waals surface area contributed by atoms with Crippen LogP contribution in [0.3, 0.4) is 0 Å². The Bertz CT molecular complexity index is 985. The molecule has 0 radical (unpaired) electrons. The first kappa shape index (κ1) is 21.9. The number of aliphatic hydroxyl groups is 1. The van der Waals surface area contributed by atoms with Crippen molar-refractivity contribution in [1.29, 1.82) is 0 Å². The summed E-state index contributed by atoms with van der Waals surface area (Å²) in [5.41, 5.74) is 1.22. The second-order valence-electron chi connectivity index (χ2n) is 6.98. The van der Waals surface area contributed by atoms with Gasteiger partial charge in [0, 0.05) is 5.92 Å². The maximum absolute atomic E-state index is 12.3. The van der Waals surface area contributed by atoms with Crippen LogP contribution in [0.2, 0.25) is 0 Å². The van der Waals surface area contributed by atoms with Crippen LogP contribution in [0.1, 0.15) is 22.3 Å². The molecule has 0 aromatic heterocycles. The lowest BCUT2D eigenvalue weighted by Gasteiger charge is -2.22. The molecule has 0 aliphatic carbocycles. The quantitative estimate of drug-likeness (QED) is 0.494. The molecule has 0 bridgehead atoms. The molecule has 1 fully saturated rings. The van der Waals surface area contributed by atoms with E-state index in [9.17, 15) is 23.1 Å². The van der Waals surface area contributed by atoms with E-state index in [1.807, 2.05) is 6.92 Å². The molecule has 1 saturated heterocycles. The maximum atomic E-state index is 12.3. The van der Waals surface area contributed by atoms with Gasteiger partial charge in [-0.05, 0) is 31.2 Å². The molecule has 9 heteroatoms. The van der Waals surface area contributed by atoms with Crippen molar-refractivity contribution >= 4 is 22.1 Å². The van der Waals surface area contributed by atoms with Crippen molar-refractivity contribution < 1.29 is 36.8 Å². The van der Waals surface area contributed by atoms with Crippen LogP contribution in [0.4, 0.5) is 0 Å². The molecule has 0 saturated carbocycles. The third-order valence-corrected chi connectivity index (χ3v) is 6.04. The second kappa shape index (κ2) is 9.38. The molecule has 1 aliphatic heterocycles. The third-order valence-electron chi connectivity index (χ3n) is 4.75. The monoisotopic (exact) mass is 434 g/mol. The van der Waals surface area contributed by atoms with Crippen LogP contribution in [0.5, 0.6) is 0 Å². The zero-order chi connectivity index (χ0) is 21.7. The summed E-state index contributed by atoms with van der Waals surface area (Å²) in [5.74, 6) is -1.97. The van der Waals surface area contributed by atoms with E-state index in [2.05, 4.69) is 0 Å². The van der Waals surface area contributed by atoms with Gasteiger partial charge in [0.2, 0.25) is 0 Å². The minimum absolute atomic E-state index is 0.0219. The molecular formula is C21H22O8S. The van der Waals surface area contributed by atoms with E-state index in [1.54, 1.807) is 42.5 Å². The molecule has 1 heterocycles. The molecule has 160 valence electrons. The number of benzene rings is 2. The molecule has 0 amide bonds. The van der Waals surface area contributed by atoms with Crippen LogP contribution in [0, 0.1) is 12.8 Å². The molecule has 1 N–H and O–H groups in total. The summed E-state index contributed by atoms with van der Waals surface area (Å²) < 4.78 is 39.9. The number of carbonyl (C=O) groups is 2. The number of aryl methyl sites for hydroxylation is 1. The highest BCUT2D eigenvalue weighted by Gasteiger charge is 2.41. The molecule has 0 spiro atoms. The highest BCUT2D eigenvalue weighted by Crippen LogP contribution is 2.27. The lowest BCUT2D eigenvalue weighted by Crippen LogP contribution is -2.35. The number of hydrogen-bond acceptors (Lipinski definition) is 8. The van der Waals surface area contributed by atoms with E-state index in [0.29, 0.717) is 5.56 Å². The second-order valence-corrected chi connectivity index (χ2v) is 8.60. The Morgan fingerprint density at radius 1 is 1.17 bits per heavy atom. The molecule has 3 atom stereocenters. The molecule has 2 aromatic carbocycles. The highest BCUT2D eigenvalue weighted by molar-refractivity contribution is 7.86. The van der Waals surface area contributed by atoms with Gasteiger partial charge in [0.15, 0.2) is 0 Å². The fraction of sp³-hybridized carbons (Fsp3) is 0.333. The number of rotatable bonds is 8. The van der Waals surface area contributed by atoms with Crippen molar-refractivity contribution in [3.05, 3.63) is 65.7 Å². The van der Waals surface area contributed by atoms with Gasteiger partial charge in [-0.25, -0.2) is 4.79 Å². The first-order valence-corrected chi connectivity index (χ1v) is 10.7. The van der Waals surface area contributed by atoms with Crippen molar-refractivity contribution in [2.45, 2.75) is 30.4 Å². The van der Waals surface area contributed by atoms with Gasteiger partial charge < -0.3 is 14.6 Å². The van der Waals surface area contributed by atoms with E-state index in [-0.39, 0.29) is 17.9 Å². The van der Waals surface area contributed by atoms with Crippen LogP contribution in [-0.2, 0) is 28.6 Å². The zero-order valence-corrected chi connectivity index (χ0v) is 17.1. The number of cyclic esters (lactones) is 1. The van der Waals surface area contributed by atoms with Crippen molar-refractivity contribution in [2.75, 3.05) is 13.2 Å². The largest absolute Gasteiger partial charge is 0.459 e.